The van der Waals surface area contributed by atoms with E-state index in [1.54, 1.807) is 24.1 Å². The largest absolute Gasteiger partial charge is 2.00 e. The van der Waals surface area contributed by atoms with Gasteiger partial charge in [-0.15, -0.1) is 0 Å². The number of benzene rings is 1. The summed E-state index contributed by atoms with van der Waals surface area (Å²) in [5, 5.41) is 30.2. The number of aliphatic carboxylic acids is 2. The number of nitrogens with one attached hydrogen (secondary N) is 4. The predicted octanol–water partition coefficient (Wildman–Crippen LogP) is -4.13. The first-order valence-electron chi connectivity index (χ1n) is 10.1. The fourth-order valence-electron chi connectivity index (χ4n) is 3.41. The van der Waals surface area contributed by atoms with E-state index in [1.807, 2.05) is 0 Å². The zero-order chi connectivity index (χ0) is 24.1. The first-order chi connectivity index (χ1) is 15.7. The van der Waals surface area contributed by atoms with Crippen LogP contribution in [0.25, 0.3) is 0 Å². The molecule has 1 amide bonds. The standard InChI is InChI=1S/C20H25N7O6.Ca.H2O/c1-27-12(9-23-16-15(27)18(31)26-20(21)25-16)8-22-11-4-2-10(3-5-11)17(30)24-13(19(32)33)6-7-14(28)29;;/h2-5,12-13,22H,6-9H2,1H3,(H,24,30)(H,28,29)(H,32,33)(H4,21,23,25,26,31);;1H2/q;+2;/p-2/i6+1,7+1,13+1,14+1,19+1;;. The monoisotopic (exact) mass is 520 g/mol. The number of carboxylic acid groups (broad SMARTS) is 2. The van der Waals surface area contributed by atoms with E-state index >= 15 is 0 Å². The number of nitrogens with zero attached hydrogens (tertiary/aromatic N) is 2. The van der Waals surface area contributed by atoms with Crippen LogP contribution in [0, 0.1) is 0 Å². The molecular formula is C20H25CaN7O7. The second-order valence-electron chi connectivity index (χ2n) is 7.51. The van der Waals surface area contributed by atoms with Gasteiger partial charge in [0.2, 0.25) is 5.95 Å². The second kappa shape index (κ2) is 13.1. The molecule has 2 unspecified atom stereocenters. The molecular weight excluding hydrogens is 495 g/mol. The molecule has 2 heterocycles. The summed E-state index contributed by atoms with van der Waals surface area (Å²) in [6, 6.07) is 4.75. The molecule has 0 aliphatic carbocycles. The Morgan fingerprint density at radius 3 is 2.51 bits per heavy atom. The predicted molar refractivity (Wildman–Crippen MR) is 125 cm³/mol. The molecule has 3 rings (SSSR count). The molecule has 0 saturated heterocycles. The van der Waals surface area contributed by atoms with Gasteiger partial charge in [0.1, 0.15) is 5.69 Å². The molecule has 0 spiro atoms. The van der Waals surface area contributed by atoms with E-state index in [4.69, 9.17) is 5.73 Å². The van der Waals surface area contributed by atoms with Gasteiger partial charge in [-0.05, 0) is 37.1 Å². The van der Waals surface area contributed by atoms with Gasteiger partial charge in [0, 0.05) is 37.4 Å². The number of H-pyrrole nitrogens is 1. The number of fused-ring (bicyclic) bond motifs is 1. The van der Waals surface area contributed by atoms with Crippen LogP contribution in [0.15, 0.2) is 29.1 Å². The van der Waals surface area contributed by atoms with E-state index in [-0.39, 0.29) is 72.7 Å². The molecule has 2 atom stereocenters. The van der Waals surface area contributed by atoms with Crippen molar-refractivity contribution in [3.63, 3.8) is 0 Å². The van der Waals surface area contributed by atoms with Crippen molar-refractivity contribution in [3.05, 3.63) is 40.2 Å². The molecule has 0 bridgehead atoms. The van der Waals surface area contributed by atoms with Gasteiger partial charge < -0.3 is 51.9 Å². The molecule has 14 nitrogen and oxygen atoms in total. The number of nitrogen functional groups attached to an aromatic ring is 1. The quantitative estimate of drug-likeness (QED) is 0.157. The molecule has 15 heteroatoms. The third kappa shape index (κ3) is 7.71. The molecule has 1 aromatic carbocycles. The molecule has 2 aromatic rings. The number of carbonyl (C=O) groups is 3. The van der Waals surface area contributed by atoms with E-state index in [2.05, 4.69) is 25.9 Å². The summed E-state index contributed by atoms with van der Waals surface area (Å²) in [6.45, 7) is 0.984. The Labute approximate surface area is 229 Å². The summed E-state index contributed by atoms with van der Waals surface area (Å²) in [5.74, 6) is -3.22. The molecule has 184 valence electrons. The Morgan fingerprint density at radius 2 is 1.91 bits per heavy atom. The minimum absolute atomic E-state index is 0. The van der Waals surface area contributed by atoms with E-state index in [1.165, 1.54) is 12.1 Å². The van der Waals surface area contributed by atoms with Crippen LogP contribution in [0.4, 0.5) is 23.1 Å². The smallest absolute Gasteiger partial charge is 0.550 e. The van der Waals surface area contributed by atoms with Gasteiger partial charge in [-0.3, -0.25) is 14.6 Å². The minimum atomic E-state index is -1.58. The van der Waals surface area contributed by atoms with E-state index in [0.29, 0.717) is 30.3 Å². The number of rotatable bonds is 9. The molecule has 0 radical (unpaired) electrons. The SMILES string of the molecule is CN1c2c(nc(N)[nH]c2=O)NCC1CNc1ccc(C(=O)N[13CH]([13CH2][13CH2][13C](=O)[O-])[13C](=O)[O-])cc1.O.[Ca+2]. The maximum Gasteiger partial charge on any atom is 2.00 e. The molecule has 0 saturated carbocycles. The number of aromatic amines is 1. The summed E-state index contributed by atoms with van der Waals surface area (Å²) >= 11 is 0. The van der Waals surface area contributed by atoms with Gasteiger partial charge in [0.15, 0.2) is 5.82 Å². The van der Waals surface area contributed by atoms with Crippen molar-refractivity contribution in [3.8, 4) is 0 Å². The van der Waals surface area contributed by atoms with Crippen molar-refractivity contribution in [1.29, 1.82) is 0 Å². The van der Waals surface area contributed by atoms with Gasteiger partial charge in [0.05, 0.1) is 18.1 Å². The third-order valence-corrected chi connectivity index (χ3v) is 5.23. The molecule has 1 aromatic heterocycles. The van der Waals surface area contributed by atoms with Crippen LogP contribution in [0.5, 0.6) is 0 Å². The first kappa shape index (κ1) is 30.0. The molecule has 0 fully saturated rings. The van der Waals surface area contributed by atoms with E-state index in [9.17, 15) is 29.4 Å². The summed E-state index contributed by atoms with van der Waals surface area (Å²) in [7, 11) is 1.78. The second-order valence-corrected chi connectivity index (χ2v) is 7.51. The fraction of sp³-hybridized carbons (Fsp3) is 0.350. The Kier molecular flexibility index (Phi) is 11.2. The maximum atomic E-state index is 12.3. The number of hydrogen-bond donors (Lipinski definition) is 5. The maximum absolute atomic E-state index is 12.3. The van der Waals surface area contributed by atoms with Crippen LogP contribution in [0.3, 0.4) is 0 Å². The molecule has 1 aliphatic rings. The van der Waals surface area contributed by atoms with Gasteiger partial charge in [-0.1, -0.05) is 0 Å². The summed E-state index contributed by atoms with van der Waals surface area (Å²) in [5.41, 5.74) is 6.51. The van der Waals surface area contributed by atoms with Crippen molar-refractivity contribution in [2.45, 2.75) is 24.9 Å². The Morgan fingerprint density at radius 1 is 1.26 bits per heavy atom. The van der Waals surface area contributed by atoms with Crippen molar-refractivity contribution in [2.24, 2.45) is 0 Å². The zero-order valence-corrected chi connectivity index (χ0v) is 21.1. The number of likely N-dealkylation sites (N-methyl/N-ethyl adjacent to an activating group) is 1. The number of anilines is 4. The average Bonchev–Trinajstić information content (AvgIpc) is 2.75. The molecule has 1 aliphatic heterocycles. The van der Waals surface area contributed by atoms with Gasteiger partial charge in [0.25, 0.3) is 11.5 Å². The number of carbonyl (C=O) groups excluding carboxylic acids is 3. The number of aromatic nitrogens is 2. The molecule has 8 N–H and O–H groups in total. The average molecular weight is 521 g/mol. The van der Waals surface area contributed by atoms with Crippen molar-refractivity contribution in [1.82, 2.24) is 15.3 Å². The summed E-state index contributed by atoms with van der Waals surface area (Å²) in [6.07, 6.45) is -0.862. The van der Waals surface area contributed by atoms with Crippen LogP contribution in [0.1, 0.15) is 23.2 Å². The number of carboxylic acids is 2. The van der Waals surface area contributed by atoms with Crippen LogP contribution >= 0.6 is 0 Å². The Balaban J connectivity index is 0.00000306. The van der Waals surface area contributed by atoms with E-state index < -0.39 is 30.3 Å². The molecule has 35 heavy (non-hydrogen) atoms. The third-order valence-electron chi connectivity index (χ3n) is 5.23. The number of hydrogen-bond acceptors (Lipinski definition) is 11. The van der Waals surface area contributed by atoms with Crippen LogP contribution < -0.4 is 42.4 Å². The van der Waals surface area contributed by atoms with Crippen LogP contribution in [-0.2, 0) is 9.59 Å². The Hall–Kier alpha value is -3.07. The summed E-state index contributed by atoms with van der Waals surface area (Å²) < 4.78 is 0. The van der Waals surface area contributed by atoms with Crippen molar-refractivity contribution < 1.29 is 30.1 Å². The van der Waals surface area contributed by atoms with E-state index in [0.717, 1.165) is 0 Å². The zero-order valence-electron chi connectivity index (χ0n) is 18.9. The Bertz CT molecular complexity index is 1110. The van der Waals surface area contributed by atoms with Gasteiger partial charge >= 0.3 is 37.7 Å². The minimum Gasteiger partial charge on any atom is -0.550 e. The fourth-order valence-corrected chi connectivity index (χ4v) is 3.41. The van der Waals surface area contributed by atoms with Crippen LogP contribution in [-0.4, -0.2) is 103 Å². The summed E-state index contributed by atoms with van der Waals surface area (Å²) in [4.78, 5) is 54.5. The first-order valence-corrected chi connectivity index (χ1v) is 10.1. The van der Waals surface area contributed by atoms with Crippen molar-refractivity contribution >= 4 is 78.7 Å². The number of nitrogens with two attached hydrogens (primary N) is 1. The topological polar surface area (TPSA) is 240 Å². The number of amides is 1. The van der Waals surface area contributed by atoms with Crippen LogP contribution in [0.2, 0.25) is 0 Å². The van der Waals surface area contributed by atoms with Crippen molar-refractivity contribution in [2.75, 3.05) is 41.4 Å². The normalized spacial score (nSPS) is 14.8. The van der Waals surface area contributed by atoms with Gasteiger partial charge in [-0.25, -0.2) is 0 Å². The van der Waals surface area contributed by atoms with Gasteiger partial charge in [-0.2, -0.15) is 4.98 Å².